The minimum absolute atomic E-state index is 0.319. The minimum atomic E-state index is -0.319. The summed E-state index contributed by atoms with van der Waals surface area (Å²) in [6.07, 6.45) is 1.46. The average Bonchev–Trinajstić information content (AvgIpc) is 3.14. The largest absolute Gasteiger partial charge is 0.466 e. The summed E-state index contributed by atoms with van der Waals surface area (Å²) in [5.41, 5.74) is 3.90. The van der Waals surface area contributed by atoms with E-state index in [-0.39, 0.29) is 5.91 Å². The molecule has 6 heteroatoms. The highest BCUT2D eigenvalue weighted by Crippen LogP contribution is 2.23. The number of aryl methyl sites for hydroxylation is 2. The van der Waals surface area contributed by atoms with Gasteiger partial charge in [0.15, 0.2) is 0 Å². The minimum Gasteiger partial charge on any atom is -0.466 e. The molecule has 0 unspecified atom stereocenters. The Balaban J connectivity index is 1.66. The third-order valence-corrected chi connectivity index (χ3v) is 3.93. The van der Waals surface area contributed by atoms with Crippen molar-refractivity contribution in [2.75, 3.05) is 0 Å². The molecule has 1 aromatic carbocycles. The summed E-state index contributed by atoms with van der Waals surface area (Å²) < 4.78 is 12.0. The Morgan fingerprint density at radius 3 is 2.54 bits per heavy atom. The molecule has 0 fully saturated rings. The molecule has 1 amide bonds. The number of carbonyl (C=O) groups is 1. The second-order valence-electron chi connectivity index (χ2n) is 5.23. The zero-order chi connectivity index (χ0) is 17.1. The predicted molar refractivity (Wildman–Crippen MR) is 95.1 cm³/mol. The van der Waals surface area contributed by atoms with E-state index in [2.05, 4.69) is 26.5 Å². The van der Waals surface area contributed by atoms with Gasteiger partial charge in [0.1, 0.15) is 23.0 Å². The van der Waals surface area contributed by atoms with Crippen LogP contribution in [0.3, 0.4) is 0 Å². The zero-order valence-corrected chi connectivity index (χ0v) is 14.8. The van der Waals surface area contributed by atoms with Crippen molar-refractivity contribution in [3.05, 3.63) is 69.8 Å². The summed E-state index contributed by atoms with van der Waals surface area (Å²) in [4.78, 5) is 12.0. The van der Waals surface area contributed by atoms with E-state index in [0.29, 0.717) is 22.8 Å². The summed E-state index contributed by atoms with van der Waals surface area (Å²) in [7, 11) is 0. The van der Waals surface area contributed by atoms with Crippen LogP contribution in [0.1, 0.15) is 27.6 Å². The van der Waals surface area contributed by atoms with E-state index in [0.717, 1.165) is 15.8 Å². The number of rotatable bonds is 4. The van der Waals surface area contributed by atoms with Crippen LogP contribution in [0.4, 0.5) is 0 Å². The van der Waals surface area contributed by atoms with Crippen LogP contribution < -0.4 is 5.43 Å². The van der Waals surface area contributed by atoms with Gasteiger partial charge in [-0.1, -0.05) is 28.1 Å². The van der Waals surface area contributed by atoms with E-state index in [9.17, 15) is 4.79 Å². The second kappa shape index (κ2) is 6.88. The van der Waals surface area contributed by atoms with Crippen LogP contribution in [-0.2, 0) is 0 Å². The van der Waals surface area contributed by atoms with Crippen molar-refractivity contribution >= 4 is 28.1 Å². The number of nitrogens with one attached hydrogen (secondary N) is 1. The molecular formula is C18H15BrN2O3. The van der Waals surface area contributed by atoms with Crippen LogP contribution >= 0.6 is 15.9 Å². The second-order valence-corrected chi connectivity index (χ2v) is 6.15. The van der Waals surface area contributed by atoms with Crippen LogP contribution in [-0.4, -0.2) is 12.1 Å². The van der Waals surface area contributed by atoms with Crippen molar-refractivity contribution in [2.45, 2.75) is 13.8 Å². The van der Waals surface area contributed by atoms with Gasteiger partial charge in [-0.2, -0.15) is 5.10 Å². The van der Waals surface area contributed by atoms with Gasteiger partial charge in [0.25, 0.3) is 5.91 Å². The number of hydrogen-bond acceptors (Lipinski definition) is 4. The molecular weight excluding hydrogens is 372 g/mol. The van der Waals surface area contributed by atoms with Gasteiger partial charge in [-0.25, -0.2) is 5.43 Å². The van der Waals surface area contributed by atoms with Crippen molar-refractivity contribution < 1.29 is 13.6 Å². The van der Waals surface area contributed by atoms with E-state index < -0.39 is 0 Å². The van der Waals surface area contributed by atoms with Crippen LogP contribution in [0, 0.1) is 13.8 Å². The van der Waals surface area contributed by atoms with Gasteiger partial charge in [0.2, 0.25) is 0 Å². The Morgan fingerprint density at radius 2 is 1.88 bits per heavy atom. The van der Waals surface area contributed by atoms with Crippen molar-refractivity contribution in [3.8, 4) is 11.3 Å². The Bertz CT molecular complexity index is 891. The number of nitrogens with zero attached hydrogens (tertiary/aromatic N) is 1. The molecule has 5 nitrogen and oxygen atoms in total. The summed E-state index contributed by atoms with van der Waals surface area (Å²) in [5, 5.41) is 3.92. The summed E-state index contributed by atoms with van der Waals surface area (Å²) in [5.74, 6) is 2.22. The van der Waals surface area contributed by atoms with Gasteiger partial charge in [-0.15, -0.1) is 0 Å². The molecule has 2 heterocycles. The molecule has 0 bridgehead atoms. The number of amides is 1. The SMILES string of the molecule is Cc1cc(C(=O)N/N=C/c2ccc(-c3ccc(Br)cc3)o2)c(C)o1. The quantitative estimate of drug-likeness (QED) is 0.522. The highest BCUT2D eigenvalue weighted by atomic mass is 79.9. The van der Waals surface area contributed by atoms with Gasteiger partial charge in [0.05, 0.1) is 11.8 Å². The van der Waals surface area contributed by atoms with Gasteiger partial charge >= 0.3 is 0 Å². The molecule has 0 atom stereocenters. The van der Waals surface area contributed by atoms with Gasteiger partial charge < -0.3 is 8.83 Å². The number of carbonyl (C=O) groups excluding carboxylic acids is 1. The lowest BCUT2D eigenvalue weighted by Crippen LogP contribution is -2.17. The number of benzene rings is 1. The normalized spacial score (nSPS) is 11.1. The van der Waals surface area contributed by atoms with Crippen molar-refractivity contribution in [1.29, 1.82) is 0 Å². The maximum Gasteiger partial charge on any atom is 0.274 e. The van der Waals surface area contributed by atoms with E-state index in [1.807, 2.05) is 30.3 Å². The first-order valence-corrected chi connectivity index (χ1v) is 8.08. The molecule has 0 radical (unpaired) electrons. The van der Waals surface area contributed by atoms with Gasteiger partial charge in [-0.05, 0) is 44.2 Å². The van der Waals surface area contributed by atoms with Crippen molar-refractivity contribution in [2.24, 2.45) is 5.10 Å². The first-order valence-electron chi connectivity index (χ1n) is 7.29. The molecule has 0 saturated carbocycles. The Kier molecular flexibility index (Phi) is 4.66. The smallest absolute Gasteiger partial charge is 0.274 e. The Hall–Kier alpha value is -2.60. The molecule has 24 heavy (non-hydrogen) atoms. The highest BCUT2D eigenvalue weighted by Gasteiger charge is 2.12. The third-order valence-electron chi connectivity index (χ3n) is 3.40. The first-order chi connectivity index (χ1) is 11.5. The molecule has 0 spiro atoms. The van der Waals surface area contributed by atoms with Crippen LogP contribution in [0.5, 0.6) is 0 Å². The number of furan rings is 2. The van der Waals surface area contributed by atoms with E-state index in [4.69, 9.17) is 8.83 Å². The molecule has 2 aromatic heterocycles. The fourth-order valence-corrected chi connectivity index (χ4v) is 2.53. The topological polar surface area (TPSA) is 67.7 Å². The predicted octanol–water partition coefficient (Wildman–Crippen LogP) is 4.68. The monoisotopic (exact) mass is 386 g/mol. The average molecular weight is 387 g/mol. The van der Waals surface area contributed by atoms with Crippen molar-refractivity contribution in [1.82, 2.24) is 5.43 Å². The highest BCUT2D eigenvalue weighted by molar-refractivity contribution is 9.10. The third kappa shape index (κ3) is 3.65. The number of hydrazone groups is 1. The fraction of sp³-hybridized carbons (Fsp3) is 0.111. The zero-order valence-electron chi connectivity index (χ0n) is 13.2. The van der Waals surface area contributed by atoms with E-state index in [1.54, 1.807) is 26.0 Å². The molecule has 0 aliphatic rings. The van der Waals surface area contributed by atoms with Gasteiger partial charge in [0, 0.05) is 10.0 Å². The fourth-order valence-electron chi connectivity index (χ4n) is 2.26. The first kappa shape index (κ1) is 16.3. The molecule has 122 valence electrons. The number of halogens is 1. The lowest BCUT2D eigenvalue weighted by molar-refractivity contribution is 0.0953. The summed E-state index contributed by atoms with van der Waals surface area (Å²) >= 11 is 3.40. The van der Waals surface area contributed by atoms with Crippen molar-refractivity contribution in [3.63, 3.8) is 0 Å². The summed E-state index contributed by atoms with van der Waals surface area (Å²) in [6, 6.07) is 13.1. The van der Waals surface area contributed by atoms with Crippen LogP contribution in [0.25, 0.3) is 11.3 Å². The van der Waals surface area contributed by atoms with Gasteiger partial charge in [-0.3, -0.25) is 4.79 Å². The molecule has 3 rings (SSSR count). The van der Waals surface area contributed by atoms with E-state index >= 15 is 0 Å². The standard InChI is InChI=1S/C18H15BrN2O3/c1-11-9-16(12(2)23-11)18(22)21-20-10-15-7-8-17(24-15)13-3-5-14(19)6-4-13/h3-10H,1-2H3,(H,21,22)/b20-10+. The molecule has 0 aliphatic heterocycles. The lowest BCUT2D eigenvalue weighted by Gasteiger charge is -1.97. The Morgan fingerprint density at radius 1 is 1.12 bits per heavy atom. The molecule has 0 aliphatic carbocycles. The maximum absolute atomic E-state index is 12.0. The van der Waals surface area contributed by atoms with Crippen LogP contribution in [0.15, 0.2) is 60.9 Å². The summed E-state index contributed by atoms with van der Waals surface area (Å²) in [6.45, 7) is 3.53. The lowest BCUT2D eigenvalue weighted by atomic mass is 10.2. The maximum atomic E-state index is 12.0. The van der Waals surface area contributed by atoms with Crippen LogP contribution in [0.2, 0.25) is 0 Å². The molecule has 1 N–H and O–H groups in total. The molecule has 3 aromatic rings. The molecule has 0 saturated heterocycles. The van der Waals surface area contributed by atoms with E-state index in [1.165, 1.54) is 6.21 Å². The Labute approximate surface area is 147 Å². The number of hydrogen-bond donors (Lipinski definition) is 1.